The van der Waals surface area contributed by atoms with Crippen LogP contribution in [0, 0.1) is 5.82 Å². The molecule has 230 valence electrons. The Labute approximate surface area is 258 Å². The zero-order valence-electron chi connectivity index (χ0n) is 24.9. The Balaban J connectivity index is 1.43. The monoisotopic (exact) mass is 621 g/mol. The van der Waals surface area contributed by atoms with Crippen molar-refractivity contribution in [3.05, 3.63) is 63.4 Å². The van der Waals surface area contributed by atoms with Gasteiger partial charge in [0.2, 0.25) is 5.91 Å². The van der Waals surface area contributed by atoms with Crippen molar-refractivity contribution in [3.8, 4) is 5.75 Å². The van der Waals surface area contributed by atoms with E-state index in [0.717, 1.165) is 43.8 Å². The van der Waals surface area contributed by atoms with Gasteiger partial charge in [0.15, 0.2) is 0 Å². The van der Waals surface area contributed by atoms with Crippen LogP contribution in [0.3, 0.4) is 0 Å². The Morgan fingerprint density at radius 3 is 2.31 bits per heavy atom. The number of likely N-dealkylation sites (tertiary alicyclic amines) is 2. The van der Waals surface area contributed by atoms with E-state index in [1.165, 1.54) is 25.0 Å². The minimum absolute atomic E-state index is 0.0227. The molecule has 2 fully saturated rings. The zero-order valence-corrected chi connectivity index (χ0v) is 26.4. The molecule has 2 saturated heterocycles. The van der Waals surface area contributed by atoms with Crippen molar-refractivity contribution >= 4 is 35.2 Å². The quantitative estimate of drug-likeness (QED) is 0.332. The van der Waals surface area contributed by atoms with E-state index in [2.05, 4.69) is 17.1 Å². The summed E-state index contributed by atoms with van der Waals surface area (Å²) in [7, 11) is 0. The maximum atomic E-state index is 14.7. The summed E-state index contributed by atoms with van der Waals surface area (Å²) >= 11 is 12.3. The molecule has 0 radical (unpaired) electrons. The predicted octanol–water partition coefficient (Wildman–Crippen LogP) is 6.84. The van der Waals surface area contributed by atoms with Crippen molar-refractivity contribution in [2.75, 3.05) is 32.7 Å². The molecule has 2 atom stereocenters. The number of piperidine rings is 1. The number of ether oxygens (including phenoxy) is 2. The number of alkyl carbamates (subject to hydrolysis) is 1. The Bertz CT molecular complexity index is 1240. The number of rotatable bonds is 9. The van der Waals surface area contributed by atoms with Gasteiger partial charge in [-0.05, 0) is 108 Å². The summed E-state index contributed by atoms with van der Waals surface area (Å²) in [5.74, 6) is 0.174. The lowest BCUT2D eigenvalue weighted by Gasteiger charge is -2.35. The molecule has 2 heterocycles. The summed E-state index contributed by atoms with van der Waals surface area (Å²) in [6.45, 7) is 11.4. The van der Waals surface area contributed by atoms with Crippen LogP contribution in [0.25, 0.3) is 0 Å². The fraction of sp³-hybridized carbons (Fsp3) is 0.562. The van der Waals surface area contributed by atoms with E-state index < -0.39 is 23.6 Å². The molecule has 42 heavy (non-hydrogen) atoms. The lowest BCUT2D eigenvalue weighted by molar-refractivity contribution is -0.134. The van der Waals surface area contributed by atoms with Crippen LogP contribution in [-0.4, -0.2) is 72.3 Å². The lowest BCUT2D eigenvalue weighted by Crippen LogP contribution is -2.52. The molecule has 2 aliphatic rings. The van der Waals surface area contributed by atoms with E-state index in [1.807, 2.05) is 18.2 Å². The Hall–Kier alpha value is -2.55. The lowest BCUT2D eigenvalue weighted by atomic mass is 9.88. The van der Waals surface area contributed by atoms with Gasteiger partial charge in [-0.15, -0.1) is 0 Å². The number of benzene rings is 2. The van der Waals surface area contributed by atoms with Crippen molar-refractivity contribution in [2.45, 2.75) is 83.5 Å². The molecular formula is C32H42Cl2FN3O4. The van der Waals surface area contributed by atoms with Crippen LogP contribution in [0.2, 0.25) is 10.0 Å². The highest BCUT2D eigenvalue weighted by Gasteiger charge is 2.33. The number of halogens is 3. The highest BCUT2D eigenvalue weighted by atomic mass is 35.5. The van der Waals surface area contributed by atoms with Crippen LogP contribution in [-0.2, 0) is 16.0 Å². The molecule has 2 amide bonds. The maximum absolute atomic E-state index is 14.7. The molecule has 0 aromatic heterocycles. The van der Waals surface area contributed by atoms with Gasteiger partial charge in [-0.1, -0.05) is 35.3 Å². The maximum Gasteiger partial charge on any atom is 0.408 e. The first kappa shape index (κ1) is 32.4. The van der Waals surface area contributed by atoms with Crippen LogP contribution in [0.5, 0.6) is 5.75 Å². The van der Waals surface area contributed by atoms with Gasteiger partial charge in [-0.3, -0.25) is 9.69 Å². The minimum atomic E-state index is -0.993. The van der Waals surface area contributed by atoms with E-state index in [4.69, 9.17) is 32.7 Å². The molecule has 2 aromatic carbocycles. The second-order valence-corrected chi connectivity index (χ2v) is 13.2. The van der Waals surface area contributed by atoms with Crippen molar-refractivity contribution < 1.29 is 23.5 Å². The fourth-order valence-electron chi connectivity index (χ4n) is 5.72. The van der Waals surface area contributed by atoms with Crippen molar-refractivity contribution in [3.63, 3.8) is 0 Å². The van der Waals surface area contributed by atoms with Gasteiger partial charge in [-0.2, -0.15) is 0 Å². The van der Waals surface area contributed by atoms with E-state index in [9.17, 15) is 14.0 Å². The minimum Gasteiger partial charge on any atom is -0.489 e. The number of hydrogen-bond acceptors (Lipinski definition) is 5. The SMILES string of the molecule is CC(CN1CCCC1)Oc1cc(Cl)ccc1C1CCN(C(=O)[C@@H](Cc2ccc(Cl)cc2F)NC(=O)OC(C)(C)C)CC1. The van der Waals surface area contributed by atoms with E-state index >= 15 is 0 Å². The molecule has 1 N–H and O–H groups in total. The van der Waals surface area contributed by atoms with Gasteiger partial charge < -0.3 is 19.7 Å². The molecule has 0 aliphatic carbocycles. The van der Waals surface area contributed by atoms with Crippen LogP contribution < -0.4 is 10.1 Å². The molecule has 10 heteroatoms. The highest BCUT2D eigenvalue weighted by Crippen LogP contribution is 2.37. The number of amides is 2. The van der Waals surface area contributed by atoms with Gasteiger partial charge in [0.25, 0.3) is 0 Å². The molecular weight excluding hydrogens is 580 g/mol. The van der Waals surface area contributed by atoms with Gasteiger partial charge in [0.05, 0.1) is 0 Å². The Kier molecular flexibility index (Phi) is 11.0. The van der Waals surface area contributed by atoms with E-state index in [1.54, 1.807) is 31.7 Å². The normalized spacial score (nSPS) is 18.0. The third-order valence-electron chi connectivity index (χ3n) is 7.69. The molecule has 2 aromatic rings. The van der Waals surface area contributed by atoms with Gasteiger partial charge in [-0.25, -0.2) is 9.18 Å². The second-order valence-electron chi connectivity index (χ2n) is 12.4. The Morgan fingerprint density at radius 1 is 1.02 bits per heavy atom. The summed E-state index contributed by atoms with van der Waals surface area (Å²) in [6, 6.07) is 9.11. The number of nitrogens with zero attached hydrogens (tertiary/aromatic N) is 2. The van der Waals surface area contributed by atoms with Crippen LogP contribution in [0.4, 0.5) is 9.18 Å². The van der Waals surface area contributed by atoms with E-state index in [-0.39, 0.29) is 34.9 Å². The molecule has 7 nitrogen and oxygen atoms in total. The smallest absolute Gasteiger partial charge is 0.408 e. The van der Waals surface area contributed by atoms with E-state index in [0.29, 0.717) is 18.1 Å². The fourth-order valence-corrected chi connectivity index (χ4v) is 6.04. The van der Waals surface area contributed by atoms with Crippen molar-refractivity contribution in [1.29, 1.82) is 0 Å². The van der Waals surface area contributed by atoms with Crippen LogP contribution in [0.1, 0.15) is 70.4 Å². The summed E-state index contributed by atoms with van der Waals surface area (Å²) < 4.78 is 26.5. The first-order chi connectivity index (χ1) is 19.9. The predicted molar refractivity (Wildman–Crippen MR) is 164 cm³/mol. The third-order valence-corrected chi connectivity index (χ3v) is 8.16. The first-order valence-electron chi connectivity index (χ1n) is 14.8. The summed E-state index contributed by atoms with van der Waals surface area (Å²) in [5.41, 5.74) is 0.632. The average molecular weight is 623 g/mol. The number of nitrogens with one attached hydrogen (secondary N) is 1. The second kappa shape index (κ2) is 14.3. The van der Waals surface area contributed by atoms with Gasteiger partial charge in [0.1, 0.15) is 29.3 Å². The standard InChI is InChI=1S/C32H42Cl2FN3O4/c1-21(20-37-13-5-6-14-37)41-29-19-25(34)9-10-26(29)22-11-15-38(16-12-22)30(39)28(36-31(40)42-32(2,3)4)17-23-7-8-24(33)18-27(23)35/h7-10,18-19,21-22,28H,5-6,11-17,20H2,1-4H3,(H,36,40)/t21?,28-/m1/s1. The van der Waals surface area contributed by atoms with Crippen LogP contribution in [0.15, 0.2) is 36.4 Å². The van der Waals surface area contributed by atoms with Crippen LogP contribution >= 0.6 is 23.2 Å². The summed E-state index contributed by atoms with van der Waals surface area (Å²) in [4.78, 5) is 30.5. The van der Waals surface area contributed by atoms with Crippen molar-refractivity contribution in [1.82, 2.24) is 15.1 Å². The summed E-state index contributed by atoms with van der Waals surface area (Å²) in [6.07, 6.45) is 3.18. The molecule has 1 unspecified atom stereocenters. The molecule has 0 bridgehead atoms. The molecule has 0 saturated carbocycles. The molecule has 2 aliphatic heterocycles. The largest absolute Gasteiger partial charge is 0.489 e. The topological polar surface area (TPSA) is 71.1 Å². The zero-order chi connectivity index (χ0) is 30.4. The molecule has 0 spiro atoms. The first-order valence-corrected chi connectivity index (χ1v) is 15.5. The highest BCUT2D eigenvalue weighted by molar-refractivity contribution is 6.31. The van der Waals surface area contributed by atoms with Crippen molar-refractivity contribution in [2.24, 2.45) is 0 Å². The number of carbonyl (C=O) groups excluding carboxylic acids is 2. The van der Waals surface area contributed by atoms with Gasteiger partial charge in [0, 0.05) is 36.1 Å². The van der Waals surface area contributed by atoms with Gasteiger partial charge >= 0.3 is 6.09 Å². The average Bonchev–Trinajstić information content (AvgIpc) is 3.41. The Morgan fingerprint density at radius 2 is 1.67 bits per heavy atom. The summed E-state index contributed by atoms with van der Waals surface area (Å²) in [5, 5.41) is 3.57. The third kappa shape index (κ3) is 9.22. The molecule has 4 rings (SSSR count). The number of hydrogen-bond donors (Lipinski definition) is 1. The number of carbonyl (C=O) groups is 2.